The van der Waals surface area contributed by atoms with E-state index in [1.165, 1.54) is 7.11 Å². The van der Waals surface area contributed by atoms with E-state index in [2.05, 4.69) is 15.2 Å². The molecule has 0 aliphatic heterocycles. The van der Waals surface area contributed by atoms with Crippen molar-refractivity contribution < 1.29 is 9.53 Å². The Labute approximate surface area is 110 Å². The van der Waals surface area contributed by atoms with Gasteiger partial charge in [-0.25, -0.2) is 4.98 Å². The number of rotatable bonds is 3. The largest absolute Gasteiger partial charge is 0.468 e. The quantitative estimate of drug-likeness (QED) is 0.796. The number of ether oxygens (including phenoxy) is 1. The molecule has 0 amide bonds. The van der Waals surface area contributed by atoms with Crippen molar-refractivity contribution in [2.45, 2.75) is 48.6 Å². The van der Waals surface area contributed by atoms with Crippen molar-refractivity contribution in [1.29, 1.82) is 0 Å². The summed E-state index contributed by atoms with van der Waals surface area (Å²) in [7, 11) is 1.38. The molecule has 3 N–H and O–H groups in total. The number of carbonyl (C=O) groups is 1. The Balaban J connectivity index is 2.00. The molecule has 1 aromatic rings. The predicted molar refractivity (Wildman–Crippen MR) is 68.2 cm³/mol. The molecule has 0 saturated heterocycles. The van der Waals surface area contributed by atoms with E-state index in [1.807, 2.05) is 6.92 Å². The summed E-state index contributed by atoms with van der Waals surface area (Å²) in [5.74, 6) is 0.472. The molecule has 0 radical (unpaired) electrons. The Morgan fingerprint density at radius 1 is 1.67 bits per heavy atom. The number of aryl methyl sites for hydroxylation is 1. The number of esters is 1. The lowest BCUT2D eigenvalue weighted by Gasteiger charge is -2.34. The van der Waals surface area contributed by atoms with Crippen LogP contribution in [0.2, 0.25) is 0 Å². The highest BCUT2D eigenvalue weighted by Crippen LogP contribution is 2.36. The second kappa shape index (κ2) is 5.27. The lowest BCUT2D eigenvalue weighted by molar-refractivity contribution is -0.148. The zero-order valence-corrected chi connectivity index (χ0v) is 11.4. The molecule has 6 nitrogen and oxygen atoms in total. The predicted octanol–water partition coefficient (Wildman–Crippen LogP) is 1.02. The van der Waals surface area contributed by atoms with Gasteiger partial charge in [-0.1, -0.05) is 11.8 Å². The third-order valence-corrected chi connectivity index (χ3v) is 4.31. The summed E-state index contributed by atoms with van der Waals surface area (Å²) >= 11 is 1.57. The molecule has 7 heteroatoms. The van der Waals surface area contributed by atoms with E-state index in [9.17, 15) is 4.79 Å². The Kier molecular flexibility index (Phi) is 3.91. The number of thioether (sulfide) groups is 1. The zero-order chi connectivity index (χ0) is 13.2. The van der Waals surface area contributed by atoms with E-state index in [0.29, 0.717) is 18.0 Å². The van der Waals surface area contributed by atoms with Crippen LogP contribution >= 0.6 is 11.8 Å². The van der Waals surface area contributed by atoms with Crippen LogP contribution in [0.15, 0.2) is 5.16 Å². The average molecular weight is 270 g/mol. The van der Waals surface area contributed by atoms with Crippen LogP contribution in [0.25, 0.3) is 0 Å². The minimum absolute atomic E-state index is 0.262. The molecule has 1 aliphatic carbocycles. The highest BCUT2D eigenvalue weighted by Gasteiger charge is 2.40. The van der Waals surface area contributed by atoms with Gasteiger partial charge in [-0.2, -0.15) is 0 Å². The lowest BCUT2D eigenvalue weighted by atomic mass is 9.82. The Morgan fingerprint density at radius 3 is 3.06 bits per heavy atom. The Bertz CT molecular complexity index is 436. The lowest BCUT2D eigenvalue weighted by Crippen LogP contribution is -2.52. The summed E-state index contributed by atoms with van der Waals surface area (Å²) in [6.07, 6.45) is 3.24. The number of aromatic amines is 1. The molecule has 18 heavy (non-hydrogen) atoms. The molecule has 1 heterocycles. The van der Waals surface area contributed by atoms with Gasteiger partial charge in [0.15, 0.2) is 0 Å². The highest BCUT2D eigenvalue weighted by molar-refractivity contribution is 7.99. The molecule has 0 aromatic carbocycles. The summed E-state index contributed by atoms with van der Waals surface area (Å²) in [6, 6.07) is 0. The van der Waals surface area contributed by atoms with E-state index >= 15 is 0 Å². The molecular weight excluding hydrogens is 252 g/mol. The Hall–Kier alpha value is -1.08. The second-order valence-corrected chi connectivity index (χ2v) is 5.95. The molecule has 2 atom stereocenters. The maximum atomic E-state index is 11.7. The number of nitrogens with one attached hydrogen (secondary N) is 1. The van der Waals surface area contributed by atoms with Gasteiger partial charge in [0, 0.05) is 5.25 Å². The maximum absolute atomic E-state index is 11.7. The summed E-state index contributed by atoms with van der Waals surface area (Å²) < 4.78 is 4.78. The van der Waals surface area contributed by atoms with Crippen molar-refractivity contribution in [1.82, 2.24) is 15.2 Å². The van der Waals surface area contributed by atoms with Crippen molar-refractivity contribution in [3.63, 3.8) is 0 Å². The standard InChI is InChI=1S/C11H18N4O2S/c1-7-13-10(15-14-7)18-8-4-3-5-11(12,6-8)9(16)17-2/h8H,3-6,12H2,1-2H3,(H,13,14,15). The van der Waals surface area contributed by atoms with Crippen LogP contribution < -0.4 is 5.73 Å². The monoisotopic (exact) mass is 270 g/mol. The van der Waals surface area contributed by atoms with E-state index < -0.39 is 5.54 Å². The average Bonchev–Trinajstić information content (AvgIpc) is 2.73. The van der Waals surface area contributed by atoms with Crippen molar-refractivity contribution >= 4 is 17.7 Å². The van der Waals surface area contributed by atoms with Gasteiger partial charge in [0.05, 0.1) is 7.11 Å². The SMILES string of the molecule is COC(=O)C1(N)CCCC(Sc2n[nH]c(C)n2)C1. The van der Waals surface area contributed by atoms with Gasteiger partial charge < -0.3 is 10.5 Å². The van der Waals surface area contributed by atoms with Gasteiger partial charge in [0.25, 0.3) is 0 Å². The van der Waals surface area contributed by atoms with Gasteiger partial charge in [0.2, 0.25) is 5.16 Å². The van der Waals surface area contributed by atoms with Crippen LogP contribution in [0.1, 0.15) is 31.5 Å². The topological polar surface area (TPSA) is 93.9 Å². The number of aromatic nitrogens is 3. The highest BCUT2D eigenvalue weighted by atomic mass is 32.2. The normalized spacial score (nSPS) is 28.1. The molecule has 1 aromatic heterocycles. The van der Waals surface area contributed by atoms with Crippen LogP contribution in [-0.4, -0.2) is 39.0 Å². The number of methoxy groups -OCH3 is 1. The van der Waals surface area contributed by atoms with E-state index in [4.69, 9.17) is 10.5 Å². The third kappa shape index (κ3) is 2.84. The number of carbonyl (C=O) groups excluding carboxylic acids is 1. The van der Waals surface area contributed by atoms with E-state index in [-0.39, 0.29) is 11.2 Å². The first-order valence-corrected chi connectivity index (χ1v) is 6.84. The van der Waals surface area contributed by atoms with Gasteiger partial charge in [-0.05, 0) is 32.6 Å². The summed E-state index contributed by atoms with van der Waals surface area (Å²) in [5, 5.41) is 7.88. The van der Waals surface area contributed by atoms with Crippen molar-refractivity contribution in [2.75, 3.05) is 7.11 Å². The number of nitrogens with two attached hydrogens (primary N) is 1. The molecule has 1 fully saturated rings. The second-order valence-electron chi connectivity index (χ2n) is 4.69. The van der Waals surface area contributed by atoms with Crippen molar-refractivity contribution in [3.05, 3.63) is 5.82 Å². The smallest absolute Gasteiger partial charge is 0.325 e. The maximum Gasteiger partial charge on any atom is 0.325 e. The van der Waals surface area contributed by atoms with Crippen LogP contribution in [0.3, 0.4) is 0 Å². The number of nitrogens with zero attached hydrogens (tertiary/aromatic N) is 2. The summed E-state index contributed by atoms with van der Waals surface area (Å²) in [4.78, 5) is 16.0. The molecule has 2 unspecified atom stereocenters. The molecular formula is C11H18N4O2S. The van der Waals surface area contributed by atoms with Crippen molar-refractivity contribution in [3.8, 4) is 0 Å². The van der Waals surface area contributed by atoms with Crippen molar-refractivity contribution in [2.24, 2.45) is 5.73 Å². The Morgan fingerprint density at radius 2 is 2.44 bits per heavy atom. The fourth-order valence-electron chi connectivity index (χ4n) is 2.27. The van der Waals surface area contributed by atoms with Gasteiger partial charge in [-0.3, -0.25) is 9.89 Å². The fraction of sp³-hybridized carbons (Fsp3) is 0.727. The summed E-state index contributed by atoms with van der Waals surface area (Å²) in [6.45, 7) is 1.86. The minimum atomic E-state index is -0.851. The molecule has 0 bridgehead atoms. The van der Waals surface area contributed by atoms with Crippen LogP contribution in [-0.2, 0) is 9.53 Å². The van der Waals surface area contributed by atoms with Crippen LogP contribution in [0.5, 0.6) is 0 Å². The first-order chi connectivity index (χ1) is 8.53. The van der Waals surface area contributed by atoms with Gasteiger partial charge >= 0.3 is 5.97 Å². The molecule has 100 valence electrons. The molecule has 2 rings (SSSR count). The molecule has 0 spiro atoms. The zero-order valence-electron chi connectivity index (χ0n) is 10.6. The number of H-pyrrole nitrogens is 1. The molecule has 1 aliphatic rings. The first kappa shape index (κ1) is 13.4. The van der Waals surface area contributed by atoms with E-state index in [1.54, 1.807) is 11.8 Å². The fourth-order valence-corrected chi connectivity index (χ4v) is 3.52. The summed E-state index contributed by atoms with van der Waals surface area (Å²) in [5.41, 5.74) is 5.27. The van der Waals surface area contributed by atoms with Gasteiger partial charge in [-0.15, -0.1) is 5.10 Å². The molecule has 1 saturated carbocycles. The first-order valence-electron chi connectivity index (χ1n) is 5.96. The third-order valence-electron chi connectivity index (χ3n) is 3.18. The van der Waals surface area contributed by atoms with Crippen LogP contribution in [0, 0.1) is 6.92 Å². The number of hydrogen-bond donors (Lipinski definition) is 2. The van der Waals surface area contributed by atoms with Gasteiger partial charge in [0.1, 0.15) is 11.4 Å². The number of hydrogen-bond acceptors (Lipinski definition) is 6. The van der Waals surface area contributed by atoms with Crippen LogP contribution in [0.4, 0.5) is 0 Å². The minimum Gasteiger partial charge on any atom is -0.468 e. The van der Waals surface area contributed by atoms with E-state index in [0.717, 1.165) is 18.7 Å².